The average Bonchev–Trinajstić information content (AvgIpc) is 3.03. The first-order chi connectivity index (χ1) is 9.83. The summed E-state index contributed by atoms with van der Waals surface area (Å²) in [5.41, 5.74) is 0. The molecule has 1 aromatic rings. The lowest BCUT2D eigenvalue weighted by Gasteiger charge is -2.33. The number of piperidine rings is 1. The SMILES string of the molecule is O=C(C1CCNC1)N1CCC(Oc2ccccc2)CC1. The summed E-state index contributed by atoms with van der Waals surface area (Å²) in [4.78, 5) is 14.3. The van der Waals surface area contributed by atoms with Crippen molar-refractivity contribution < 1.29 is 9.53 Å². The highest BCUT2D eigenvalue weighted by atomic mass is 16.5. The van der Waals surface area contributed by atoms with Crippen LogP contribution in [0.5, 0.6) is 5.75 Å². The molecule has 1 N–H and O–H groups in total. The number of likely N-dealkylation sites (tertiary alicyclic amines) is 1. The van der Waals surface area contributed by atoms with Gasteiger partial charge < -0.3 is 15.0 Å². The van der Waals surface area contributed by atoms with E-state index in [2.05, 4.69) is 5.32 Å². The normalized spacial score (nSPS) is 23.8. The number of para-hydroxylation sites is 1. The van der Waals surface area contributed by atoms with Gasteiger partial charge in [0.1, 0.15) is 11.9 Å². The number of ether oxygens (including phenoxy) is 1. The Bertz CT molecular complexity index is 435. The maximum atomic E-state index is 12.3. The van der Waals surface area contributed by atoms with Crippen LogP contribution in [0.4, 0.5) is 0 Å². The second kappa shape index (κ2) is 6.27. The van der Waals surface area contributed by atoms with E-state index in [9.17, 15) is 4.79 Å². The number of nitrogens with zero attached hydrogens (tertiary/aromatic N) is 1. The molecule has 20 heavy (non-hydrogen) atoms. The van der Waals surface area contributed by atoms with Crippen molar-refractivity contribution in [2.45, 2.75) is 25.4 Å². The molecule has 0 saturated carbocycles. The molecule has 2 aliphatic rings. The fourth-order valence-corrected chi connectivity index (χ4v) is 3.01. The molecule has 1 unspecified atom stereocenters. The van der Waals surface area contributed by atoms with Crippen molar-refractivity contribution in [3.63, 3.8) is 0 Å². The maximum Gasteiger partial charge on any atom is 0.227 e. The molecule has 4 heteroatoms. The minimum Gasteiger partial charge on any atom is -0.490 e. The maximum absolute atomic E-state index is 12.3. The van der Waals surface area contributed by atoms with E-state index < -0.39 is 0 Å². The lowest BCUT2D eigenvalue weighted by molar-refractivity contribution is -0.136. The zero-order valence-corrected chi connectivity index (χ0v) is 11.8. The first kappa shape index (κ1) is 13.4. The molecule has 2 heterocycles. The Labute approximate surface area is 120 Å². The summed E-state index contributed by atoms with van der Waals surface area (Å²) in [6, 6.07) is 9.94. The van der Waals surface area contributed by atoms with Gasteiger partial charge in [-0.1, -0.05) is 18.2 Å². The topological polar surface area (TPSA) is 41.6 Å². The standard InChI is InChI=1S/C16H22N2O2/c19-16(13-6-9-17-12-13)18-10-7-15(8-11-18)20-14-4-2-1-3-5-14/h1-5,13,15,17H,6-12H2. The van der Waals surface area contributed by atoms with Crippen LogP contribution in [0.2, 0.25) is 0 Å². The zero-order chi connectivity index (χ0) is 13.8. The Hall–Kier alpha value is -1.55. The minimum atomic E-state index is 0.196. The predicted molar refractivity (Wildman–Crippen MR) is 77.6 cm³/mol. The molecule has 1 atom stereocenters. The summed E-state index contributed by atoms with van der Waals surface area (Å²) >= 11 is 0. The number of carbonyl (C=O) groups is 1. The van der Waals surface area contributed by atoms with Gasteiger partial charge in [-0.25, -0.2) is 0 Å². The molecule has 0 aliphatic carbocycles. The van der Waals surface area contributed by atoms with Crippen molar-refractivity contribution in [2.75, 3.05) is 26.2 Å². The van der Waals surface area contributed by atoms with Gasteiger partial charge in [-0.2, -0.15) is 0 Å². The van der Waals surface area contributed by atoms with Gasteiger partial charge in [-0.15, -0.1) is 0 Å². The van der Waals surface area contributed by atoms with Gasteiger partial charge in [-0.05, 0) is 25.1 Å². The fourth-order valence-electron chi connectivity index (χ4n) is 3.01. The van der Waals surface area contributed by atoms with E-state index in [1.807, 2.05) is 35.2 Å². The molecule has 2 saturated heterocycles. The molecule has 0 aromatic heterocycles. The number of hydrogen-bond donors (Lipinski definition) is 1. The van der Waals surface area contributed by atoms with Crippen molar-refractivity contribution in [3.8, 4) is 5.75 Å². The number of hydrogen-bond acceptors (Lipinski definition) is 3. The molecule has 2 aliphatic heterocycles. The summed E-state index contributed by atoms with van der Waals surface area (Å²) < 4.78 is 5.96. The Balaban J connectivity index is 1.48. The average molecular weight is 274 g/mol. The summed E-state index contributed by atoms with van der Waals surface area (Å²) in [5.74, 6) is 1.45. The van der Waals surface area contributed by atoms with E-state index in [1.165, 1.54) is 0 Å². The van der Waals surface area contributed by atoms with Crippen LogP contribution in [-0.2, 0) is 4.79 Å². The first-order valence-electron chi connectivity index (χ1n) is 7.54. The van der Waals surface area contributed by atoms with E-state index >= 15 is 0 Å². The molecule has 0 radical (unpaired) electrons. The van der Waals surface area contributed by atoms with Crippen molar-refractivity contribution in [3.05, 3.63) is 30.3 Å². The highest BCUT2D eigenvalue weighted by Crippen LogP contribution is 2.21. The van der Waals surface area contributed by atoms with Crippen LogP contribution in [0.25, 0.3) is 0 Å². The molecule has 1 amide bonds. The predicted octanol–water partition coefficient (Wildman–Crippen LogP) is 1.67. The van der Waals surface area contributed by atoms with Crippen molar-refractivity contribution in [2.24, 2.45) is 5.92 Å². The summed E-state index contributed by atoms with van der Waals surface area (Å²) in [7, 11) is 0. The summed E-state index contributed by atoms with van der Waals surface area (Å²) in [6.45, 7) is 3.48. The van der Waals surface area contributed by atoms with Crippen LogP contribution >= 0.6 is 0 Å². The van der Waals surface area contributed by atoms with Crippen molar-refractivity contribution >= 4 is 5.91 Å². The molecule has 0 spiro atoms. The van der Waals surface area contributed by atoms with E-state index in [1.54, 1.807) is 0 Å². The van der Waals surface area contributed by atoms with Crippen molar-refractivity contribution in [1.82, 2.24) is 10.2 Å². The van der Waals surface area contributed by atoms with Gasteiger partial charge >= 0.3 is 0 Å². The summed E-state index contributed by atoms with van der Waals surface area (Å²) in [6.07, 6.45) is 3.09. The van der Waals surface area contributed by atoms with E-state index in [0.29, 0.717) is 5.91 Å². The van der Waals surface area contributed by atoms with Gasteiger partial charge in [0, 0.05) is 32.5 Å². The van der Waals surface area contributed by atoms with E-state index in [0.717, 1.165) is 51.2 Å². The molecule has 108 valence electrons. The molecule has 4 nitrogen and oxygen atoms in total. The van der Waals surface area contributed by atoms with Crippen molar-refractivity contribution in [1.29, 1.82) is 0 Å². The van der Waals surface area contributed by atoms with Crippen LogP contribution in [0.3, 0.4) is 0 Å². The molecular formula is C16H22N2O2. The van der Waals surface area contributed by atoms with Gasteiger partial charge in [0.2, 0.25) is 5.91 Å². The van der Waals surface area contributed by atoms with Crippen LogP contribution < -0.4 is 10.1 Å². The molecule has 2 fully saturated rings. The number of rotatable bonds is 3. The Morgan fingerprint density at radius 3 is 2.55 bits per heavy atom. The summed E-state index contributed by atoms with van der Waals surface area (Å²) in [5, 5.41) is 3.26. The minimum absolute atomic E-state index is 0.196. The Morgan fingerprint density at radius 1 is 1.15 bits per heavy atom. The second-order valence-corrected chi connectivity index (χ2v) is 5.65. The number of benzene rings is 1. The quantitative estimate of drug-likeness (QED) is 0.911. The molecule has 3 rings (SSSR count). The van der Waals surface area contributed by atoms with E-state index in [-0.39, 0.29) is 12.0 Å². The van der Waals surface area contributed by atoms with Crippen LogP contribution in [0.15, 0.2) is 30.3 Å². The highest BCUT2D eigenvalue weighted by molar-refractivity contribution is 5.79. The third-order valence-corrected chi connectivity index (χ3v) is 4.21. The lowest BCUT2D eigenvalue weighted by atomic mass is 10.0. The van der Waals surface area contributed by atoms with Gasteiger partial charge in [0.05, 0.1) is 5.92 Å². The molecule has 0 bridgehead atoms. The van der Waals surface area contributed by atoms with Crippen LogP contribution in [0.1, 0.15) is 19.3 Å². The fraction of sp³-hybridized carbons (Fsp3) is 0.562. The number of amides is 1. The highest BCUT2D eigenvalue weighted by Gasteiger charge is 2.30. The number of nitrogens with one attached hydrogen (secondary N) is 1. The zero-order valence-electron chi connectivity index (χ0n) is 11.8. The third kappa shape index (κ3) is 3.12. The molecular weight excluding hydrogens is 252 g/mol. The monoisotopic (exact) mass is 274 g/mol. The van der Waals surface area contributed by atoms with Crippen LogP contribution in [-0.4, -0.2) is 43.1 Å². The molecule has 1 aromatic carbocycles. The van der Waals surface area contributed by atoms with Crippen LogP contribution in [0, 0.1) is 5.92 Å². The first-order valence-corrected chi connectivity index (χ1v) is 7.54. The lowest BCUT2D eigenvalue weighted by Crippen LogP contribution is -2.44. The van der Waals surface area contributed by atoms with E-state index in [4.69, 9.17) is 4.74 Å². The second-order valence-electron chi connectivity index (χ2n) is 5.65. The smallest absolute Gasteiger partial charge is 0.227 e. The third-order valence-electron chi connectivity index (χ3n) is 4.21. The Morgan fingerprint density at radius 2 is 1.90 bits per heavy atom. The van der Waals surface area contributed by atoms with Gasteiger partial charge in [0.15, 0.2) is 0 Å². The van der Waals surface area contributed by atoms with Gasteiger partial charge in [-0.3, -0.25) is 4.79 Å². The largest absolute Gasteiger partial charge is 0.490 e. The Kier molecular flexibility index (Phi) is 4.21. The van der Waals surface area contributed by atoms with Gasteiger partial charge in [0.25, 0.3) is 0 Å². The number of carbonyl (C=O) groups excluding carboxylic acids is 1.